The molecule has 0 spiro atoms. The van der Waals surface area contributed by atoms with Gasteiger partial charge in [-0.1, -0.05) is 13.8 Å². The topological polar surface area (TPSA) is 26.3 Å². The first-order chi connectivity index (χ1) is 6.13. The highest BCUT2D eigenvalue weighted by Gasteiger charge is 2.29. The molecule has 0 heterocycles. The summed E-state index contributed by atoms with van der Waals surface area (Å²) in [6.07, 6.45) is 3.02. The number of hydrogen-bond acceptors (Lipinski definition) is 2. The van der Waals surface area contributed by atoms with Gasteiger partial charge in [-0.05, 0) is 37.5 Å². The molecule has 2 heteroatoms. The third-order valence-corrected chi connectivity index (χ3v) is 3.14. The van der Waals surface area contributed by atoms with Crippen molar-refractivity contribution in [1.82, 2.24) is 0 Å². The molecular formula is C11H20O2. The fourth-order valence-electron chi connectivity index (χ4n) is 2.23. The highest BCUT2D eigenvalue weighted by molar-refractivity contribution is 5.69. The average Bonchev–Trinajstić information content (AvgIpc) is 2.31. The van der Waals surface area contributed by atoms with Crippen LogP contribution in [-0.2, 0) is 9.53 Å². The molecule has 13 heavy (non-hydrogen) atoms. The fourth-order valence-corrected chi connectivity index (χ4v) is 2.23. The summed E-state index contributed by atoms with van der Waals surface area (Å²) in [6, 6.07) is 0. The molecule has 0 aromatic heterocycles. The average molecular weight is 184 g/mol. The van der Waals surface area contributed by atoms with Crippen molar-refractivity contribution in [3.05, 3.63) is 0 Å². The van der Waals surface area contributed by atoms with E-state index in [9.17, 15) is 4.79 Å². The molecule has 0 aromatic carbocycles. The van der Waals surface area contributed by atoms with E-state index in [4.69, 9.17) is 4.74 Å². The summed E-state index contributed by atoms with van der Waals surface area (Å²) in [6.45, 7) is 6.92. The lowest BCUT2D eigenvalue weighted by Crippen LogP contribution is -2.09. The maximum atomic E-state index is 11.2. The minimum absolute atomic E-state index is 0.0196. The molecule has 0 radical (unpaired) electrons. The van der Waals surface area contributed by atoms with E-state index in [2.05, 4.69) is 13.8 Å². The normalized spacial score (nSPS) is 33.3. The fraction of sp³-hybridized carbons (Fsp3) is 0.909. The van der Waals surface area contributed by atoms with Gasteiger partial charge in [0.1, 0.15) is 0 Å². The zero-order valence-electron chi connectivity index (χ0n) is 8.88. The van der Waals surface area contributed by atoms with Gasteiger partial charge in [0.15, 0.2) is 0 Å². The highest BCUT2D eigenvalue weighted by atomic mass is 16.5. The molecule has 1 rings (SSSR count). The summed E-state index contributed by atoms with van der Waals surface area (Å²) in [5.74, 6) is 2.11. The number of rotatable bonds is 3. The molecule has 2 nitrogen and oxygen atoms in total. The number of esters is 1. The van der Waals surface area contributed by atoms with E-state index in [0.717, 1.165) is 11.8 Å². The number of carbonyl (C=O) groups is 1. The molecule has 0 saturated heterocycles. The lowest BCUT2D eigenvalue weighted by molar-refractivity contribution is -0.144. The maximum Gasteiger partial charge on any atom is 0.306 e. The van der Waals surface area contributed by atoms with Gasteiger partial charge in [-0.15, -0.1) is 0 Å². The lowest BCUT2D eigenvalue weighted by atomic mass is 10.0. The van der Waals surface area contributed by atoms with Crippen LogP contribution in [0.2, 0.25) is 0 Å². The Labute approximate surface area is 80.7 Å². The predicted molar refractivity (Wildman–Crippen MR) is 52.3 cm³/mol. The summed E-state index contributed by atoms with van der Waals surface area (Å²) in [5, 5.41) is 0. The summed E-state index contributed by atoms with van der Waals surface area (Å²) in [7, 11) is 0. The molecular weight excluding hydrogens is 164 g/mol. The van der Waals surface area contributed by atoms with E-state index in [-0.39, 0.29) is 5.97 Å². The molecule has 0 amide bonds. The Morgan fingerprint density at radius 3 is 2.31 bits per heavy atom. The van der Waals surface area contributed by atoms with Gasteiger partial charge in [-0.25, -0.2) is 0 Å². The zero-order valence-corrected chi connectivity index (χ0v) is 8.88. The molecule has 1 fully saturated rings. The van der Waals surface area contributed by atoms with Crippen molar-refractivity contribution < 1.29 is 9.53 Å². The first kappa shape index (κ1) is 10.6. The van der Waals surface area contributed by atoms with Gasteiger partial charge in [0.2, 0.25) is 0 Å². The Morgan fingerprint density at radius 1 is 1.31 bits per heavy atom. The second-order valence-electron chi connectivity index (χ2n) is 4.30. The van der Waals surface area contributed by atoms with Gasteiger partial charge in [0.05, 0.1) is 6.61 Å². The van der Waals surface area contributed by atoms with Gasteiger partial charge in [0, 0.05) is 6.42 Å². The van der Waals surface area contributed by atoms with Gasteiger partial charge < -0.3 is 4.74 Å². The molecule has 2 unspecified atom stereocenters. The quantitative estimate of drug-likeness (QED) is 0.630. The lowest BCUT2D eigenvalue weighted by Gasteiger charge is -2.07. The second kappa shape index (κ2) is 4.64. The second-order valence-corrected chi connectivity index (χ2v) is 4.30. The Hall–Kier alpha value is -0.530. The Morgan fingerprint density at radius 2 is 1.85 bits per heavy atom. The number of ether oxygens (including phenoxy) is 1. The minimum Gasteiger partial charge on any atom is -0.466 e. The van der Waals surface area contributed by atoms with Crippen molar-refractivity contribution >= 4 is 5.97 Å². The van der Waals surface area contributed by atoms with Crippen LogP contribution in [0.1, 0.15) is 40.0 Å². The summed E-state index contributed by atoms with van der Waals surface area (Å²) in [5.41, 5.74) is 0. The Kier molecular flexibility index (Phi) is 3.76. The van der Waals surface area contributed by atoms with E-state index < -0.39 is 0 Å². The monoisotopic (exact) mass is 184 g/mol. The van der Waals surface area contributed by atoms with Crippen molar-refractivity contribution in [2.75, 3.05) is 6.61 Å². The van der Waals surface area contributed by atoms with Crippen LogP contribution < -0.4 is 0 Å². The number of carbonyl (C=O) groups excluding carboxylic acids is 1. The van der Waals surface area contributed by atoms with E-state index >= 15 is 0 Å². The van der Waals surface area contributed by atoms with Crippen LogP contribution in [0.5, 0.6) is 0 Å². The molecule has 1 aliphatic rings. The van der Waals surface area contributed by atoms with E-state index in [1.165, 1.54) is 12.8 Å². The third kappa shape index (κ3) is 3.02. The molecule has 1 aliphatic carbocycles. The van der Waals surface area contributed by atoms with Crippen molar-refractivity contribution in [3.8, 4) is 0 Å². The summed E-state index contributed by atoms with van der Waals surface area (Å²) >= 11 is 0. The molecule has 0 aliphatic heterocycles. The Balaban J connectivity index is 2.27. The van der Waals surface area contributed by atoms with Crippen molar-refractivity contribution in [2.45, 2.75) is 40.0 Å². The van der Waals surface area contributed by atoms with E-state index in [0.29, 0.717) is 18.9 Å². The first-order valence-electron chi connectivity index (χ1n) is 5.29. The van der Waals surface area contributed by atoms with Crippen molar-refractivity contribution in [1.29, 1.82) is 0 Å². The largest absolute Gasteiger partial charge is 0.466 e. The van der Waals surface area contributed by atoms with Crippen LogP contribution in [0, 0.1) is 17.8 Å². The molecule has 0 bridgehead atoms. The van der Waals surface area contributed by atoms with Crippen LogP contribution in [0.15, 0.2) is 0 Å². The van der Waals surface area contributed by atoms with Gasteiger partial charge in [-0.3, -0.25) is 4.79 Å². The van der Waals surface area contributed by atoms with Crippen LogP contribution >= 0.6 is 0 Å². The zero-order chi connectivity index (χ0) is 9.84. The van der Waals surface area contributed by atoms with Crippen LogP contribution in [0.25, 0.3) is 0 Å². The minimum atomic E-state index is -0.0196. The molecule has 0 N–H and O–H groups in total. The smallest absolute Gasteiger partial charge is 0.306 e. The predicted octanol–water partition coefficient (Wildman–Crippen LogP) is 2.62. The van der Waals surface area contributed by atoms with Gasteiger partial charge >= 0.3 is 5.97 Å². The highest BCUT2D eigenvalue weighted by Crippen LogP contribution is 2.37. The number of hydrogen-bond donors (Lipinski definition) is 0. The molecule has 0 aromatic rings. The van der Waals surface area contributed by atoms with Crippen LogP contribution in [0.3, 0.4) is 0 Å². The van der Waals surface area contributed by atoms with Gasteiger partial charge in [0.25, 0.3) is 0 Å². The van der Waals surface area contributed by atoms with Crippen molar-refractivity contribution in [3.63, 3.8) is 0 Å². The molecule has 3 atom stereocenters. The van der Waals surface area contributed by atoms with Crippen LogP contribution in [-0.4, -0.2) is 12.6 Å². The SMILES string of the molecule is CCOC(=O)CC1CC(C)[C@@H](C)C1. The summed E-state index contributed by atoms with van der Waals surface area (Å²) < 4.78 is 4.94. The van der Waals surface area contributed by atoms with E-state index in [1.807, 2.05) is 6.92 Å². The van der Waals surface area contributed by atoms with E-state index in [1.54, 1.807) is 0 Å². The standard InChI is InChI=1S/C11H20O2/c1-4-13-11(12)7-10-5-8(2)9(3)6-10/h8-10H,4-7H2,1-3H3/t8-,9?,10?/m0/s1. The first-order valence-corrected chi connectivity index (χ1v) is 5.29. The molecule has 1 saturated carbocycles. The maximum absolute atomic E-state index is 11.2. The molecule has 76 valence electrons. The van der Waals surface area contributed by atoms with Crippen molar-refractivity contribution in [2.24, 2.45) is 17.8 Å². The van der Waals surface area contributed by atoms with Crippen LogP contribution in [0.4, 0.5) is 0 Å². The Bertz CT molecular complexity index is 167. The third-order valence-electron chi connectivity index (χ3n) is 3.14. The van der Waals surface area contributed by atoms with Gasteiger partial charge in [-0.2, -0.15) is 0 Å². The summed E-state index contributed by atoms with van der Waals surface area (Å²) in [4.78, 5) is 11.2.